The number of carbonyl (C=O) groups excluding carboxylic acids is 1. The van der Waals surface area contributed by atoms with Crippen LogP contribution < -0.4 is 10.2 Å². The molecule has 1 aliphatic heterocycles. The Morgan fingerprint density at radius 1 is 1.48 bits per heavy atom. The van der Waals surface area contributed by atoms with Crippen molar-refractivity contribution in [3.05, 3.63) is 23.3 Å². The van der Waals surface area contributed by atoms with Crippen LogP contribution in [0.2, 0.25) is 0 Å². The summed E-state index contributed by atoms with van der Waals surface area (Å²) in [4.78, 5) is 26.5. The van der Waals surface area contributed by atoms with Gasteiger partial charge >= 0.3 is 5.97 Å². The predicted molar refractivity (Wildman–Crippen MR) is 68.0 cm³/mol. The van der Waals surface area contributed by atoms with E-state index in [9.17, 15) is 23.1 Å². The zero-order valence-corrected chi connectivity index (χ0v) is 11.6. The fourth-order valence-corrected chi connectivity index (χ4v) is 3.25. The largest absolute Gasteiger partial charge is 0.507 e. The smallest absolute Gasteiger partial charge is 0.339 e. The van der Waals surface area contributed by atoms with E-state index in [2.05, 4.69) is 9.56 Å². The number of sulfonamides is 1. The molecule has 0 saturated carbocycles. The first-order chi connectivity index (χ1) is 9.72. The number of carboxylic acids is 1. The molecule has 1 heterocycles. The van der Waals surface area contributed by atoms with Gasteiger partial charge in [-0.3, -0.25) is 9.63 Å². The highest BCUT2D eigenvalue weighted by atomic mass is 32.2. The number of nitrogens with one attached hydrogen (secondary N) is 2. The van der Waals surface area contributed by atoms with Crippen LogP contribution >= 0.6 is 0 Å². The van der Waals surface area contributed by atoms with Crippen LogP contribution in [0.1, 0.15) is 15.9 Å². The molecule has 0 aromatic heterocycles. The minimum absolute atomic E-state index is 0.143. The molecule has 0 aliphatic carbocycles. The van der Waals surface area contributed by atoms with E-state index in [0.717, 1.165) is 12.1 Å². The Morgan fingerprint density at radius 2 is 2.14 bits per heavy atom. The van der Waals surface area contributed by atoms with Crippen LogP contribution in [0.25, 0.3) is 0 Å². The summed E-state index contributed by atoms with van der Waals surface area (Å²) in [6.07, 6.45) is 0. The van der Waals surface area contributed by atoms with E-state index in [4.69, 9.17) is 5.11 Å². The van der Waals surface area contributed by atoms with Crippen molar-refractivity contribution < 1.29 is 33.1 Å². The highest BCUT2D eigenvalue weighted by Gasteiger charge is 2.32. The monoisotopic (exact) mass is 316 g/mol. The standard InChI is InChI=1S/C11H12N2O7S/c1-5-2-8(14)6(11(16)17)3-9(5)21(18,19)13-7-4-20-12-10(7)15/h2-3,7,13-14H,4H2,1H3,(H,12,15)(H,16,17)/t7-/m1/s1. The van der Waals surface area contributed by atoms with Gasteiger partial charge in [0.1, 0.15) is 24.0 Å². The first-order valence-electron chi connectivity index (χ1n) is 5.73. The number of hydroxylamine groups is 1. The van der Waals surface area contributed by atoms with Gasteiger partial charge in [0.25, 0.3) is 5.91 Å². The number of carboxylic acid groups (broad SMARTS) is 1. The molecule has 1 aliphatic rings. The second-order valence-corrected chi connectivity index (χ2v) is 6.07. The van der Waals surface area contributed by atoms with Crippen LogP contribution in [-0.2, 0) is 19.7 Å². The van der Waals surface area contributed by atoms with E-state index in [0.29, 0.717) is 0 Å². The fraction of sp³-hybridized carbons (Fsp3) is 0.273. The Morgan fingerprint density at radius 3 is 2.67 bits per heavy atom. The van der Waals surface area contributed by atoms with Crippen molar-refractivity contribution in [2.75, 3.05) is 6.61 Å². The topological polar surface area (TPSA) is 142 Å². The maximum absolute atomic E-state index is 12.2. The third kappa shape index (κ3) is 2.96. The second kappa shape index (κ2) is 5.31. The molecule has 21 heavy (non-hydrogen) atoms. The summed E-state index contributed by atoms with van der Waals surface area (Å²) in [5, 5.41) is 18.4. The van der Waals surface area contributed by atoms with Crippen LogP contribution in [0.15, 0.2) is 17.0 Å². The molecule has 1 amide bonds. The molecule has 1 atom stereocenters. The van der Waals surface area contributed by atoms with E-state index in [1.54, 1.807) is 0 Å². The Bertz CT molecular complexity index is 714. The van der Waals surface area contributed by atoms with Gasteiger partial charge in [0, 0.05) is 0 Å². The van der Waals surface area contributed by atoms with Crippen LogP contribution in [0.4, 0.5) is 0 Å². The quantitative estimate of drug-likeness (QED) is 0.564. The minimum atomic E-state index is -4.15. The zero-order valence-electron chi connectivity index (χ0n) is 10.8. The number of aryl methyl sites for hydroxylation is 1. The summed E-state index contributed by atoms with van der Waals surface area (Å²) in [6, 6.07) is 0.767. The second-order valence-electron chi connectivity index (χ2n) is 4.39. The maximum Gasteiger partial charge on any atom is 0.339 e. The molecule has 0 bridgehead atoms. The lowest BCUT2D eigenvalue weighted by atomic mass is 10.1. The van der Waals surface area contributed by atoms with E-state index in [1.165, 1.54) is 6.92 Å². The Labute approximate surface area is 119 Å². The SMILES string of the molecule is Cc1cc(O)c(C(=O)O)cc1S(=O)(=O)N[C@@H]1CONC1=O. The molecular formula is C11H12N2O7S. The van der Waals surface area contributed by atoms with Crippen molar-refractivity contribution >= 4 is 21.9 Å². The molecule has 9 nitrogen and oxygen atoms in total. The summed E-state index contributed by atoms with van der Waals surface area (Å²) in [6.45, 7) is 1.21. The molecular weight excluding hydrogens is 304 g/mol. The third-order valence-corrected chi connectivity index (χ3v) is 4.46. The highest BCUT2D eigenvalue weighted by molar-refractivity contribution is 7.89. The van der Waals surface area contributed by atoms with E-state index in [-0.39, 0.29) is 17.1 Å². The van der Waals surface area contributed by atoms with Gasteiger partial charge in [0.05, 0.1) is 4.90 Å². The molecule has 1 aromatic carbocycles. The lowest BCUT2D eigenvalue weighted by Gasteiger charge is -2.13. The summed E-state index contributed by atoms with van der Waals surface area (Å²) in [5.41, 5.74) is 1.59. The number of hydrogen-bond donors (Lipinski definition) is 4. The minimum Gasteiger partial charge on any atom is -0.507 e. The van der Waals surface area contributed by atoms with Gasteiger partial charge in [-0.15, -0.1) is 0 Å². The summed E-state index contributed by atoms with van der Waals surface area (Å²) >= 11 is 0. The molecule has 1 fully saturated rings. The fourth-order valence-electron chi connectivity index (χ4n) is 1.81. The van der Waals surface area contributed by atoms with Crippen LogP contribution in [0.3, 0.4) is 0 Å². The molecule has 4 N–H and O–H groups in total. The van der Waals surface area contributed by atoms with Crippen molar-refractivity contribution in [3.8, 4) is 5.75 Å². The summed E-state index contributed by atoms with van der Waals surface area (Å²) in [7, 11) is -4.15. The number of aromatic carboxylic acids is 1. The van der Waals surface area contributed by atoms with Crippen molar-refractivity contribution in [1.82, 2.24) is 10.2 Å². The summed E-state index contributed by atoms with van der Waals surface area (Å²) in [5.74, 6) is -2.65. The van der Waals surface area contributed by atoms with Crippen molar-refractivity contribution in [3.63, 3.8) is 0 Å². The lowest BCUT2D eigenvalue weighted by Crippen LogP contribution is -2.41. The van der Waals surface area contributed by atoms with Gasteiger partial charge in [-0.2, -0.15) is 4.72 Å². The predicted octanol–water partition coefficient (Wildman–Crippen LogP) is -0.893. The number of phenols is 1. The molecule has 1 saturated heterocycles. The molecule has 114 valence electrons. The Balaban J connectivity index is 2.42. The zero-order chi connectivity index (χ0) is 15.8. The van der Waals surface area contributed by atoms with E-state index >= 15 is 0 Å². The first-order valence-corrected chi connectivity index (χ1v) is 7.21. The van der Waals surface area contributed by atoms with Gasteiger partial charge < -0.3 is 10.2 Å². The van der Waals surface area contributed by atoms with Gasteiger partial charge in [-0.1, -0.05) is 0 Å². The highest BCUT2D eigenvalue weighted by Crippen LogP contribution is 2.25. The number of amides is 1. The Hall–Kier alpha value is -2.17. The molecule has 0 radical (unpaired) electrons. The summed E-state index contributed by atoms with van der Waals surface area (Å²) < 4.78 is 26.5. The molecule has 0 spiro atoms. The van der Waals surface area contributed by atoms with E-state index in [1.807, 2.05) is 5.48 Å². The average molecular weight is 316 g/mol. The number of hydrogen-bond acceptors (Lipinski definition) is 6. The number of aromatic hydroxyl groups is 1. The lowest BCUT2D eigenvalue weighted by molar-refractivity contribution is -0.124. The van der Waals surface area contributed by atoms with Gasteiger partial charge in [0.15, 0.2) is 0 Å². The van der Waals surface area contributed by atoms with Crippen molar-refractivity contribution in [2.24, 2.45) is 0 Å². The van der Waals surface area contributed by atoms with Crippen LogP contribution in [0, 0.1) is 6.92 Å². The normalized spacial score (nSPS) is 18.5. The van der Waals surface area contributed by atoms with Gasteiger partial charge in [0.2, 0.25) is 10.0 Å². The number of benzene rings is 1. The third-order valence-electron chi connectivity index (χ3n) is 2.85. The van der Waals surface area contributed by atoms with Crippen molar-refractivity contribution in [1.29, 1.82) is 0 Å². The number of carbonyl (C=O) groups is 2. The molecule has 0 unspecified atom stereocenters. The Kier molecular flexibility index (Phi) is 3.85. The van der Waals surface area contributed by atoms with Crippen molar-refractivity contribution in [2.45, 2.75) is 17.9 Å². The van der Waals surface area contributed by atoms with Gasteiger partial charge in [-0.25, -0.2) is 18.7 Å². The molecule has 1 aromatic rings. The average Bonchev–Trinajstić information content (AvgIpc) is 2.73. The van der Waals surface area contributed by atoms with Crippen LogP contribution in [-0.4, -0.2) is 43.2 Å². The first kappa shape index (κ1) is 15.2. The molecule has 10 heteroatoms. The maximum atomic E-state index is 12.2. The van der Waals surface area contributed by atoms with Crippen LogP contribution in [0.5, 0.6) is 5.75 Å². The van der Waals surface area contributed by atoms with Gasteiger partial charge in [-0.05, 0) is 24.6 Å². The number of rotatable bonds is 4. The molecule has 2 rings (SSSR count). The van der Waals surface area contributed by atoms with E-state index < -0.39 is 39.3 Å².